The van der Waals surface area contributed by atoms with Crippen molar-refractivity contribution >= 4 is 43.1 Å². The summed E-state index contributed by atoms with van der Waals surface area (Å²) in [5.41, 5.74) is 13.1. The third-order valence-electron chi connectivity index (χ3n) is 9.52. The van der Waals surface area contributed by atoms with Crippen LogP contribution in [0.15, 0.2) is 133 Å². The van der Waals surface area contributed by atoms with Crippen LogP contribution in [0, 0.1) is 12.8 Å². The van der Waals surface area contributed by atoms with Crippen LogP contribution in [-0.2, 0) is 0 Å². The van der Waals surface area contributed by atoms with E-state index in [0.29, 0.717) is 0 Å². The first-order valence-electron chi connectivity index (χ1n) is 14.7. The molecule has 8 aromatic rings. The van der Waals surface area contributed by atoms with Gasteiger partial charge in [0, 0.05) is 12.8 Å². The van der Waals surface area contributed by atoms with Gasteiger partial charge in [0.05, 0.1) is 0 Å². The number of hydrogen-bond acceptors (Lipinski definition) is 0. The molecule has 0 spiro atoms. The summed E-state index contributed by atoms with van der Waals surface area (Å²) >= 11 is 0. The third kappa shape index (κ3) is 2.91. The van der Waals surface area contributed by atoms with Crippen molar-refractivity contribution in [3.8, 4) is 33.4 Å². The molecule has 0 aromatic heterocycles. The van der Waals surface area contributed by atoms with Gasteiger partial charge in [-0.3, -0.25) is 0 Å². The number of fused-ring (bicyclic) bond motifs is 8. The molecule has 0 heterocycles. The van der Waals surface area contributed by atoms with Crippen molar-refractivity contribution in [3.63, 3.8) is 0 Å². The lowest BCUT2D eigenvalue weighted by molar-refractivity contribution is 1.40. The van der Waals surface area contributed by atoms with Crippen molar-refractivity contribution in [2.45, 2.75) is 0 Å². The Morgan fingerprint density at radius 1 is 0.286 bits per heavy atom. The van der Waals surface area contributed by atoms with E-state index in [0.717, 1.165) is 0 Å². The van der Waals surface area contributed by atoms with Crippen molar-refractivity contribution in [2.75, 3.05) is 0 Å². The average Bonchev–Trinajstić information content (AvgIpc) is 3.05. The topological polar surface area (TPSA) is 0 Å². The van der Waals surface area contributed by atoms with Gasteiger partial charge in [-0.25, -0.2) is 0 Å². The summed E-state index contributed by atoms with van der Waals surface area (Å²) in [6, 6.07) is 49.5. The summed E-state index contributed by atoms with van der Waals surface area (Å²) < 4.78 is 0. The molecule has 2 aliphatic carbocycles. The first-order valence-corrected chi connectivity index (χ1v) is 14.7. The first-order chi connectivity index (χ1) is 20.8. The van der Waals surface area contributed by atoms with Crippen molar-refractivity contribution < 1.29 is 0 Å². The van der Waals surface area contributed by atoms with Gasteiger partial charge >= 0.3 is 0 Å². The molecule has 0 fully saturated rings. The average molecular weight is 529 g/mol. The molecule has 2 radical (unpaired) electrons. The summed E-state index contributed by atoms with van der Waals surface area (Å²) in [6.07, 6.45) is 4.84. The quantitative estimate of drug-likeness (QED) is 0.186. The van der Waals surface area contributed by atoms with Crippen molar-refractivity contribution in [1.82, 2.24) is 0 Å². The van der Waals surface area contributed by atoms with E-state index in [1.807, 2.05) is 0 Å². The molecule has 0 saturated carbocycles. The van der Waals surface area contributed by atoms with Gasteiger partial charge in [-0.2, -0.15) is 0 Å². The van der Waals surface area contributed by atoms with Crippen LogP contribution < -0.4 is 0 Å². The molecular formula is C42H24. The van der Waals surface area contributed by atoms with Crippen molar-refractivity contribution in [2.24, 2.45) is 0 Å². The fraction of sp³-hybridized carbons (Fsp3) is 0. The van der Waals surface area contributed by atoms with Gasteiger partial charge in [0.2, 0.25) is 0 Å². The predicted octanol–water partition coefficient (Wildman–Crippen LogP) is 11.1. The summed E-state index contributed by atoms with van der Waals surface area (Å²) in [4.78, 5) is 0. The molecule has 42 heavy (non-hydrogen) atoms. The zero-order chi connectivity index (χ0) is 27.4. The van der Waals surface area contributed by atoms with Crippen LogP contribution in [0.2, 0.25) is 0 Å². The molecule has 10 rings (SSSR count). The molecule has 0 saturated heterocycles. The Morgan fingerprint density at radius 3 is 1.21 bits per heavy atom. The van der Waals surface area contributed by atoms with Crippen LogP contribution in [0.4, 0.5) is 0 Å². The highest BCUT2D eigenvalue weighted by molar-refractivity contribution is 6.21. The maximum absolute atomic E-state index is 2.42. The molecule has 0 heteroatoms. The number of benzene rings is 8. The van der Waals surface area contributed by atoms with Crippen LogP contribution in [0.1, 0.15) is 22.3 Å². The molecule has 8 aromatic carbocycles. The zero-order valence-electron chi connectivity index (χ0n) is 22.9. The van der Waals surface area contributed by atoms with E-state index < -0.39 is 0 Å². The second-order valence-corrected chi connectivity index (χ2v) is 11.7. The van der Waals surface area contributed by atoms with E-state index in [2.05, 4.69) is 146 Å². The summed E-state index contributed by atoms with van der Waals surface area (Å²) in [7, 11) is 0. The molecule has 0 atom stereocenters. The van der Waals surface area contributed by atoms with Crippen molar-refractivity contribution in [3.05, 3.63) is 169 Å². The van der Waals surface area contributed by atoms with Gasteiger partial charge in [-0.1, -0.05) is 121 Å². The van der Waals surface area contributed by atoms with Crippen molar-refractivity contribution in [1.29, 1.82) is 0 Å². The minimum atomic E-state index is 1.28. The molecule has 0 N–H and O–H groups in total. The Hall–Kier alpha value is -5.20. The number of rotatable bonds is 1. The molecule has 0 nitrogen and oxygen atoms in total. The Labute approximate surface area is 244 Å². The highest BCUT2D eigenvalue weighted by Gasteiger charge is 2.27. The van der Waals surface area contributed by atoms with Gasteiger partial charge in [0.15, 0.2) is 0 Å². The van der Waals surface area contributed by atoms with Crippen LogP contribution in [-0.4, -0.2) is 0 Å². The molecule has 192 valence electrons. The van der Waals surface area contributed by atoms with Gasteiger partial charge in [0.25, 0.3) is 0 Å². The highest BCUT2D eigenvalue weighted by atomic mass is 14.3. The molecule has 0 bridgehead atoms. The monoisotopic (exact) mass is 528 g/mol. The highest BCUT2D eigenvalue weighted by Crippen LogP contribution is 2.50. The summed E-state index contributed by atoms with van der Waals surface area (Å²) in [5, 5.41) is 10.6. The Kier molecular flexibility index (Phi) is 4.38. The van der Waals surface area contributed by atoms with Crippen LogP contribution in [0.25, 0.3) is 76.5 Å². The summed E-state index contributed by atoms with van der Waals surface area (Å²) in [6.45, 7) is 0. The van der Waals surface area contributed by atoms with E-state index in [4.69, 9.17) is 0 Å². The largest absolute Gasteiger partial charge is 0.0619 e. The van der Waals surface area contributed by atoms with Gasteiger partial charge in [0.1, 0.15) is 0 Å². The Morgan fingerprint density at radius 2 is 0.714 bits per heavy atom. The second kappa shape index (κ2) is 8.18. The lowest BCUT2D eigenvalue weighted by atomic mass is 9.75. The van der Waals surface area contributed by atoms with E-state index in [1.165, 1.54) is 98.7 Å². The fourth-order valence-corrected chi connectivity index (χ4v) is 7.70. The maximum Gasteiger partial charge on any atom is 0.0218 e. The van der Waals surface area contributed by atoms with Gasteiger partial charge in [-0.15, -0.1) is 0 Å². The fourth-order valence-electron chi connectivity index (χ4n) is 7.70. The minimum Gasteiger partial charge on any atom is -0.0619 e. The molecular weight excluding hydrogens is 504 g/mol. The standard InChI is InChI=1S/C42H24/c1-5-13-29-25(9-1)21-37-31-15-7-3-11-27(31)23-39-33(17-19-35(29)41(37)39)34-18-20-36-30-14-6-2-10-26(30)22-38-32-16-8-4-12-28(32)24-40(34)42(36)38/h1-24H. The molecule has 0 amide bonds. The smallest absolute Gasteiger partial charge is 0.0218 e. The van der Waals surface area contributed by atoms with Gasteiger partial charge < -0.3 is 0 Å². The van der Waals surface area contributed by atoms with E-state index in [1.54, 1.807) is 0 Å². The third-order valence-corrected chi connectivity index (χ3v) is 9.52. The van der Waals surface area contributed by atoms with E-state index in [-0.39, 0.29) is 0 Å². The minimum absolute atomic E-state index is 1.28. The Bertz CT molecular complexity index is 2280. The predicted molar refractivity (Wildman–Crippen MR) is 178 cm³/mol. The molecule has 2 aliphatic rings. The lowest BCUT2D eigenvalue weighted by Crippen LogP contribution is -2.05. The normalized spacial score (nSPS) is 13.0. The zero-order valence-corrected chi connectivity index (χ0v) is 22.9. The van der Waals surface area contributed by atoms with E-state index >= 15 is 0 Å². The second-order valence-electron chi connectivity index (χ2n) is 11.7. The first kappa shape index (κ1) is 22.5. The SMILES string of the molecule is [CH]1c2ccccc2-c2cc3ccccc3c3ccc(-c4ccc5c6c(cc7ccccc75)-c5ccccc5[CH]c46)c1c23. The lowest BCUT2D eigenvalue weighted by Gasteiger charge is -2.27. The molecule has 0 unspecified atom stereocenters. The van der Waals surface area contributed by atoms with Gasteiger partial charge in [-0.05, 0) is 111 Å². The summed E-state index contributed by atoms with van der Waals surface area (Å²) in [5.74, 6) is 0. The van der Waals surface area contributed by atoms with Crippen LogP contribution >= 0.6 is 0 Å². The number of hydrogen-bond donors (Lipinski definition) is 0. The maximum atomic E-state index is 2.42. The van der Waals surface area contributed by atoms with Crippen LogP contribution in [0.5, 0.6) is 0 Å². The van der Waals surface area contributed by atoms with Crippen LogP contribution in [0.3, 0.4) is 0 Å². The van der Waals surface area contributed by atoms with E-state index in [9.17, 15) is 0 Å². The molecule has 0 aliphatic heterocycles. The Balaban J connectivity index is 1.35.